The minimum absolute atomic E-state index is 0.837. The average Bonchev–Trinajstić information content (AvgIpc) is 3.77. The molecule has 3 heterocycles. The topological polar surface area (TPSA) is 30.7 Å². The van der Waals surface area contributed by atoms with Gasteiger partial charge in [0.25, 0.3) is 0 Å². The Morgan fingerprint density at radius 1 is 0.519 bits per heavy atom. The van der Waals surface area contributed by atoms with Crippen LogP contribution in [-0.4, -0.2) is 14.5 Å². The number of benzene rings is 8. The lowest BCUT2D eigenvalue weighted by Crippen LogP contribution is -2.04. The Labute approximate surface area is 316 Å². The van der Waals surface area contributed by atoms with E-state index in [2.05, 4.69) is 182 Å². The molecule has 0 radical (unpaired) electrons. The summed E-state index contributed by atoms with van der Waals surface area (Å²) in [6.45, 7) is 4.54. The maximum absolute atomic E-state index is 5.66. The minimum Gasteiger partial charge on any atom is -0.292 e. The highest BCUT2D eigenvalue weighted by molar-refractivity contribution is 7.25. The van der Waals surface area contributed by atoms with E-state index in [-0.39, 0.29) is 0 Å². The smallest absolute Gasteiger partial charge is 0.165 e. The lowest BCUT2D eigenvalue weighted by molar-refractivity contribution is 1.08. The van der Waals surface area contributed by atoms with E-state index in [1.54, 1.807) is 11.3 Å². The third kappa shape index (κ3) is 4.60. The summed E-state index contributed by atoms with van der Waals surface area (Å²) < 4.78 is 3.60. The molecule has 0 saturated carbocycles. The Hall–Kier alpha value is -6.62. The lowest BCUT2D eigenvalue weighted by Gasteiger charge is -2.19. The first-order valence-corrected chi connectivity index (χ1v) is 19.2. The van der Waals surface area contributed by atoms with Gasteiger partial charge in [-0.15, -0.1) is 11.3 Å². The van der Waals surface area contributed by atoms with E-state index >= 15 is 0 Å². The van der Waals surface area contributed by atoms with Gasteiger partial charge in [0.15, 0.2) is 5.82 Å². The van der Waals surface area contributed by atoms with Crippen molar-refractivity contribution in [3.8, 4) is 39.3 Å². The molecule has 0 aliphatic heterocycles. The molecule has 3 nitrogen and oxygen atoms in total. The second-order valence-corrected chi connectivity index (χ2v) is 15.3. The van der Waals surface area contributed by atoms with Crippen LogP contribution in [0.2, 0.25) is 0 Å². The van der Waals surface area contributed by atoms with Crippen LogP contribution >= 0.6 is 11.3 Å². The van der Waals surface area contributed by atoms with Gasteiger partial charge in [-0.3, -0.25) is 4.57 Å². The highest BCUT2D eigenvalue weighted by Gasteiger charge is 2.25. The molecule has 0 spiro atoms. The van der Waals surface area contributed by atoms with Gasteiger partial charge >= 0.3 is 0 Å². The van der Waals surface area contributed by atoms with Gasteiger partial charge < -0.3 is 0 Å². The van der Waals surface area contributed by atoms with E-state index < -0.39 is 0 Å². The fourth-order valence-corrected chi connectivity index (χ4v) is 9.63. The molecule has 0 amide bonds. The number of fused-ring (bicyclic) bond motifs is 9. The third-order valence-electron chi connectivity index (χ3n) is 11.1. The molecule has 0 unspecified atom stereocenters. The van der Waals surface area contributed by atoms with Crippen LogP contribution in [0.1, 0.15) is 11.1 Å². The largest absolute Gasteiger partial charge is 0.292 e. The maximum Gasteiger partial charge on any atom is 0.165 e. The number of rotatable bonds is 4. The van der Waals surface area contributed by atoms with Crippen molar-refractivity contribution in [2.45, 2.75) is 13.8 Å². The first kappa shape index (κ1) is 31.0. The highest BCUT2D eigenvalue weighted by Crippen LogP contribution is 2.46. The molecule has 0 aliphatic rings. The Bertz CT molecular complexity index is 3280. The van der Waals surface area contributed by atoms with Gasteiger partial charge in [-0.2, -0.15) is 0 Å². The van der Waals surface area contributed by atoms with E-state index in [9.17, 15) is 0 Å². The Kier molecular flexibility index (Phi) is 6.85. The number of thiophene rings is 1. The molecule has 8 aromatic carbocycles. The predicted octanol–water partition coefficient (Wildman–Crippen LogP) is 13.9. The van der Waals surface area contributed by atoms with Gasteiger partial charge in [0.05, 0.1) is 11.0 Å². The van der Waals surface area contributed by atoms with E-state index in [1.807, 2.05) is 0 Å². The van der Waals surface area contributed by atoms with E-state index in [0.29, 0.717) is 0 Å². The summed E-state index contributed by atoms with van der Waals surface area (Å²) in [5.74, 6) is 0.837. The molecule has 54 heavy (non-hydrogen) atoms. The molecular formula is C50H33N3S. The van der Waals surface area contributed by atoms with E-state index in [4.69, 9.17) is 9.97 Å². The van der Waals surface area contributed by atoms with Crippen molar-refractivity contribution in [1.82, 2.24) is 14.5 Å². The number of aromatic nitrogens is 3. The third-order valence-corrected chi connectivity index (χ3v) is 12.2. The van der Waals surface area contributed by atoms with E-state index in [1.165, 1.54) is 70.4 Å². The fraction of sp³-hybridized carbons (Fsp3) is 0.0400. The van der Waals surface area contributed by atoms with Crippen LogP contribution in [0.5, 0.6) is 0 Å². The molecule has 11 aromatic rings. The van der Waals surface area contributed by atoms with Crippen molar-refractivity contribution < 1.29 is 0 Å². The summed E-state index contributed by atoms with van der Waals surface area (Å²) in [4.78, 5) is 12.1. The molecule has 0 saturated heterocycles. The van der Waals surface area contributed by atoms with Gasteiger partial charge in [0, 0.05) is 26.4 Å². The predicted molar refractivity (Wildman–Crippen MR) is 230 cm³/mol. The molecule has 4 heteroatoms. The van der Waals surface area contributed by atoms with Crippen molar-refractivity contribution in [2.24, 2.45) is 0 Å². The van der Waals surface area contributed by atoms with Gasteiger partial charge in [0.2, 0.25) is 0 Å². The number of aryl methyl sites for hydroxylation is 2. The number of para-hydroxylation sites is 1. The first-order valence-electron chi connectivity index (χ1n) is 18.4. The van der Waals surface area contributed by atoms with Crippen LogP contribution in [0.4, 0.5) is 0 Å². The molecule has 11 rings (SSSR count). The molecule has 0 aliphatic carbocycles. The Balaban J connectivity index is 1.28. The van der Waals surface area contributed by atoms with Crippen molar-refractivity contribution in [3.63, 3.8) is 0 Å². The van der Waals surface area contributed by atoms with Gasteiger partial charge in [0.1, 0.15) is 16.0 Å². The van der Waals surface area contributed by atoms with Crippen molar-refractivity contribution >= 4 is 75.1 Å². The van der Waals surface area contributed by atoms with Gasteiger partial charge in [-0.05, 0) is 87.0 Å². The molecule has 0 bridgehead atoms. The summed E-state index contributed by atoms with van der Waals surface area (Å²) in [7, 11) is 0. The quantitative estimate of drug-likeness (QED) is 0.182. The van der Waals surface area contributed by atoms with Crippen molar-refractivity contribution in [3.05, 3.63) is 175 Å². The SMILES string of the molecule is Cc1cc2ccccc2cc1-c1c(C)c2c(c3ccccc13)c1ccccc1n2-c1nc2c(nc1-c1ccc(-c3ccccc3)cc1)sc1ccccc12. The maximum atomic E-state index is 5.66. The molecular weight excluding hydrogens is 675 g/mol. The monoisotopic (exact) mass is 707 g/mol. The summed E-state index contributed by atoms with van der Waals surface area (Å²) in [5.41, 5.74) is 12.5. The van der Waals surface area contributed by atoms with Crippen LogP contribution in [0, 0.1) is 13.8 Å². The van der Waals surface area contributed by atoms with Crippen LogP contribution < -0.4 is 0 Å². The summed E-state index contributed by atoms with van der Waals surface area (Å²) >= 11 is 1.71. The summed E-state index contributed by atoms with van der Waals surface area (Å²) in [5, 5.41) is 8.56. The molecule has 254 valence electrons. The van der Waals surface area contributed by atoms with Gasteiger partial charge in [-0.25, -0.2) is 9.97 Å². The van der Waals surface area contributed by atoms with Crippen LogP contribution in [-0.2, 0) is 0 Å². The normalized spacial score (nSPS) is 11.9. The molecule has 0 fully saturated rings. The van der Waals surface area contributed by atoms with Crippen LogP contribution in [0.25, 0.3) is 103 Å². The first-order chi connectivity index (χ1) is 26.6. The van der Waals surface area contributed by atoms with E-state index in [0.717, 1.165) is 43.8 Å². The summed E-state index contributed by atoms with van der Waals surface area (Å²) in [6, 6.07) is 59.0. The Morgan fingerprint density at radius 2 is 1.13 bits per heavy atom. The number of hydrogen-bond acceptors (Lipinski definition) is 3. The standard InChI is InChI=1S/C50H33N3S/c1-30-28-35-16-6-7-17-36(35)29-41(30)44-31(2)48-45(38-19-9-8-18-37(38)44)39-20-10-12-22-42(39)53(48)49-46(34-26-24-33(25-27-34)32-14-4-3-5-15-32)52-50-47(51-49)40-21-11-13-23-43(40)54-50/h3-29H,1-2H3. The Morgan fingerprint density at radius 3 is 1.93 bits per heavy atom. The second kappa shape index (κ2) is 12.0. The van der Waals surface area contributed by atoms with Crippen molar-refractivity contribution in [2.75, 3.05) is 0 Å². The zero-order valence-corrected chi connectivity index (χ0v) is 30.7. The van der Waals surface area contributed by atoms with Crippen molar-refractivity contribution in [1.29, 1.82) is 0 Å². The zero-order chi connectivity index (χ0) is 35.9. The summed E-state index contributed by atoms with van der Waals surface area (Å²) in [6.07, 6.45) is 0. The zero-order valence-electron chi connectivity index (χ0n) is 29.8. The van der Waals surface area contributed by atoms with Crippen LogP contribution in [0.3, 0.4) is 0 Å². The van der Waals surface area contributed by atoms with Gasteiger partial charge in [-0.1, -0.05) is 146 Å². The minimum atomic E-state index is 0.837. The lowest BCUT2D eigenvalue weighted by atomic mass is 9.87. The number of nitrogens with zero attached hydrogens (tertiary/aromatic N) is 3. The molecule has 3 aromatic heterocycles. The highest BCUT2D eigenvalue weighted by atomic mass is 32.1. The molecule has 0 atom stereocenters. The fourth-order valence-electron chi connectivity index (χ4n) is 8.61. The average molecular weight is 708 g/mol. The number of hydrogen-bond donors (Lipinski definition) is 0. The van der Waals surface area contributed by atoms with Crippen LogP contribution in [0.15, 0.2) is 164 Å². The molecule has 0 N–H and O–H groups in total. The second-order valence-electron chi connectivity index (χ2n) is 14.2.